The molecule has 3 rings (SSSR count). The first-order valence-electron chi connectivity index (χ1n) is 8.93. The fraction of sp³-hybridized carbons (Fsp3) is 0.381. The lowest BCUT2D eigenvalue weighted by Gasteiger charge is -2.35. The molecular weight excluding hydrogens is 362 g/mol. The summed E-state index contributed by atoms with van der Waals surface area (Å²) in [6, 6.07) is 9.86. The van der Waals surface area contributed by atoms with E-state index in [0.29, 0.717) is 47.0 Å². The van der Waals surface area contributed by atoms with Gasteiger partial charge in [0.15, 0.2) is 0 Å². The van der Waals surface area contributed by atoms with E-state index in [9.17, 15) is 9.90 Å². The Balaban J connectivity index is 2.24. The van der Waals surface area contributed by atoms with Gasteiger partial charge in [-0.15, -0.1) is 0 Å². The number of benzene rings is 2. The van der Waals surface area contributed by atoms with Crippen LogP contribution in [-0.4, -0.2) is 45.5 Å². The lowest BCUT2D eigenvalue weighted by atomic mass is 9.79. The van der Waals surface area contributed by atoms with Gasteiger partial charge in [0.2, 0.25) is 5.91 Å². The van der Waals surface area contributed by atoms with Crippen molar-refractivity contribution in [2.75, 3.05) is 28.4 Å². The molecule has 0 radical (unpaired) electrons. The van der Waals surface area contributed by atoms with E-state index in [1.807, 2.05) is 0 Å². The lowest BCUT2D eigenvalue weighted by molar-refractivity contribution is -0.120. The molecule has 0 unspecified atom stereocenters. The fourth-order valence-corrected chi connectivity index (χ4v) is 3.55. The van der Waals surface area contributed by atoms with Crippen LogP contribution in [0.15, 0.2) is 36.4 Å². The van der Waals surface area contributed by atoms with E-state index >= 15 is 0 Å². The Bertz CT molecular complexity index is 766. The van der Waals surface area contributed by atoms with Crippen molar-refractivity contribution in [3.8, 4) is 23.0 Å². The maximum atomic E-state index is 12.0. The Kier molecular flexibility index (Phi) is 5.65. The maximum absolute atomic E-state index is 12.0. The van der Waals surface area contributed by atoms with E-state index in [1.165, 1.54) is 0 Å². The molecule has 7 heteroatoms. The zero-order valence-corrected chi connectivity index (χ0v) is 16.4. The smallest absolute Gasteiger partial charge is 0.220 e. The summed E-state index contributed by atoms with van der Waals surface area (Å²) in [6.45, 7) is 0. The number of carbonyl (C=O) groups excluding carboxylic acids is 1. The molecule has 1 saturated heterocycles. The van der Waals surface area contributed by atoms with Crippen molar-refractivity contribution in [1.29, 1.82) is 0 Å². The molecule has 1 aliphatic rings. The standard InChI is InChI=1S/C21H25NO6/c1-25-15-7-13(8-16(11-15)26-2)21(24,19-5-6-20(23)22-19)14-9-17(27-3)12-18(10-14)28-4/h7-12,19,24H,5-6H2,1-4H3,(H,22,23)/t19-/m0/s1. The molecule has 0 bridgehead atoms. The maximum Gasteiger partial charge on any atom is 0.220 e. The number of rotatable bonds is 7. The number of aliphatic hydroxyl groups is 1. The van der Waals surface area contributed by atoms with E-state index < -0.39 is 11.6 Å². The second-order valence-corrected chi connectivity index (χ2v) is 6.63. The molecule has 1 fully saturated rings. The average molecular weight is 387 g/mol. The summed E-state index contributed by atoms with van der Waals surface area (Å²) in [5, 5.41) is 14.9. The van der Waals surface area contributed by atoms with E-state index in [0.717, 1.165) is 0 Å². The third-order valence-corrected chi connectivity index (χ3v) is 5.08. The molecule has 2 N–H and O–H groups in total. The van der Waals surface area contributed by atoms with Gasteiger partial charge in [-0.2, -0.15) is 0 Å². The second-order valence-electron chi connectivity index (χ2n) is 6.63. The second kappa shape index (κ2) is 7.98. The van der Waals surface area contributed by atoms with Crippen LogP contribution in [0.25, 0.3) is 0 Å². The highest BCUT2D eigenvalue weighted by Gasteiger charge is 2.44. The average Bonchev–Trinajstić information content (AvgIpc) is 3.18. The molecular formula is C21H25NO6. The molecule has 7 nitrogen and oxygen atoms in total. The Hall–Kier alpha value is -2.93. The number of hydrogen-bond acceptors (Lipinski definition) is 6. The summed E-state index contributed by atoms with van der Waals surface area (Å²) in [6.07, 6.45) is 0.823. The van der Waals surface area contributed by atoms with Crippen molar-refractivity contribution in [1.82, 2.24) is 5.32 Å². The van der Waals surface area contributed by atoms with Gasteiger partial charge in [0, 0.05) is 18.6 Å². The molecule has 1 atom stereocenters. The van der Waals surface area contributed by atoms with Gasteiger partial charge in [-0.05, 0) is 41.8 Å². The Morgan fingerprint density at radius 2 is 1.21 bits per heavy atom. The minimum atomic E-state index is -1.55. The molecule has 1 aliphatic heterocycles. The number of carbonyl (C=O) groups is 1. The van der Waals surface area contributed by atoms with E-state index in [2.05, 4.69) is 5.32 Å². The third kappa shape index (κ3) is 3.57. The summed E-state index contributed by atoms with van der Waals surface area (Å²) < 4.78 is 21.5. The monoisotopic (exact) mass is 387 g/mol. The van der Waals surface area contributed by atoms with Crippen LogP contribution in [0.3, 0.4) is 0 Å². The van der Waals surface area contributed by atoms with E-state index in [1.54, 1.807) is 64.8 Å². The molecule has 0 spiro atoms. The van der Waals surface area contributed by atoms with Gasteiger partial charge in [-0.25, -0.2) is 0 Å². The molecule has 2 aromatic carbocycles. The first-order valence-corrected chi connectivity index (χ1v) is 8.93. The number of nitrogens with one attached hydrogen (secondary N) is 1. The van der Waals surface area contributed by atoms with Gasteiger partial charge in [-0.1, -0.05) is 0 Å². The van der Waals surface area contributed by atoms with Crippen LogP contribution in [0.1, 0.15) is 24.0 Å². The zero-order chi connectivity index (χ0) is 20.3. The quantitative estimate of drug-likeness (QED) is 0.758. The van der Waals surface area contributed by atoms with Crippen LogP contribution < -0.4 is 24.3 Å². The van der Waals surface area contributed by atoms with Crippen molar-refractivity contribution >= 4 is 5.91 Å². The molecule has 0 saturated carbocycles. The van der Waals surface area contributed by atoms with E-state index in [4.69, 9.17) is 18.9 Å². The highest BCUT2D eigenvalue weighted by Crippen LogP contribution is 2.42. The van der Waals surface area contributed by atoms with Gasteiger partial charge >= 0.3 is 0 Å². The molecule has 1 heterocycles. The fourth-order valence-electron chi connectivity index (χ4n) is 3.55. The van der Waals surface area contributed by atoms with Gasteiger partial charge in [0.05, 0.1) is 34.5 Å². The topological polar surface area (TPSA) is 86.2 Å². The first-order chi connectivity index (χ1) is 13.4. The highest BCUT2D eigenvalue weighted by molar-refractivity contribution is 5.79. The normalized spacial score (nSPS) is 16.5. The first kappa shape index (κ1) is 19.8. The highest BCUT2D eigenvalue weighted by atomic mass is 16.5. The third-order valence-electron chi connectivity index (χ3n) is 5.08. The molecule has 150 valence electrons. The molecule has 0 aliphatic carbocycles. The van der Waals surface area contributed by atoms with Gasteiger partial charge in [0.1, 0.15) is 28.6 Å². The van der Waals surface area contributed by atoms with Gasteiger partial charge in [-0.3, -0.25) is 4.79 Å². The van der Waals surface area contributed by atoms with Crippen LogP contribution >= 0.6 is 0 Å². The number of ether oxygens (including phenoxy) is 4. The van der Waals surface area contributed by atoms with Crippen molar-refractivity contribution in [3.63, 3.8) is 0 Å². The molecule has 28 heavy (non-hydrogen) atoms. The molecule has 1 amide bonds. The van der Waals surface area contributed by atoms with Crippen LogP contribution in [0.2, 0.25) is 0 Å². The summed E-state index contributed by atoms with van der Waals surface area (Å²) in [7, 11) is 6.18. The van der Waals surface area contributed by atoms with Gasteiger partial charge < -0.3 is 29.4 Å². The van der Waals surface area contributed by atoms with Gasteiger partial charge in [0.25, 0.3) is 0 Å². The van der Waals surface area contributed by atoms with Crippen molar-refractivity contribution in [2.45, 2.75) is 24.5 Å². The number of methoxy groups -OCH3 is 4. The zero-order valence-electron chi connectivity index (χ0n) is 16.4. The van der Waals surface area contributed by atoms with Crippen LogP contribution in [0.5, 0.6) is 23.0 Å². The van der Waals surface area contributed by atoms with Crippen molar-refractivity contribution in [2.24, 2.45) is 0 Å². The summed E-state index contributed by atoms with van der Waals surface area (Å²) >= 11 is 0. The Morgan fingerprint density at radius 1 is 0.821 bits per heavy atom. The molecule has 2 aromatic rings. The Morgan fingerprint density at radius 3 is 1.50 bits per heavy atom. The minimum Gasteiger partial charge on any atom is -0.497 e. The SMILES string of the molecule is COc1cc(OC)cc(C(O)(c2cc(OC)cc(OC)c2)[C@@H]2CCC(=O)N2)c1. The largest absolute Gasteiger partial charge is 0.497 e. The summed E-state index contributed by atoms with van der Waals surface area (Å²) in [5.74, 6) is 2.03. The van der Waals surface area contributed by atoms with Crippen LogP contribution in [0.4, 0.5) is 0 Å². The lowest BCUT2D eigenvalue weighted by Crippen LogP contribution is -2.47. The Labute approximate surface area is 164 Å². The van der Waals surface area contributed by atoms with Crippen molar-refractivity contribution < 1.29 is 28.8 Å². The summed E-state index contributed by atoms with van der Waals surface area (Å²) in [4.78, 5) is 11.9. The van der Waals surface area contributed by atoms with E-state index in [-0.39, 0.29) is 5.91 Å². The van der Waals surface area contributed by atoms with Crippen LogP contribution in [-0.2, 0) is 10.4 Å². The van der Waals surface area contributed by atoms with Crippen LogP contribution in [0, 0.1) is 0 Å². The molecule has 0 aromatic heterocycles. The number of hydrogen-bond donors (Lipinski definition) is 2. The predicted molar refractivity (Wildman–Crippen MR) is 103 cm³/mol. The predicted octanol–water partition coefficient (Wildman–Crippen LogP) is 2.24. The van der Waals surface area contributed by atoms with Crippen molar-refractivity contribution in [3.05, 3.63) is 47.5 Å². The minimum absolute atomic E-state index is 0.104. The number of amides is 1. The summed E-state index contributed by atoms with van der Waals surface area (Å²) in [5.41, 5.74) is -0.479.